The minimum atomic E-state index is -0.317. The molecule has 1 saturated carbocycles. The van der Waals surface area contributed by atoms with Crippen molar-refractivity contribution in [1.82, 2.24) is 9.55 Å². The number of hydrogen-bond acceptors (Lipinski definition) is 2. The fraction of sp³-hybridized carbons (Fsp3) is 0.360. The van der Waals surface area contributed by atoms with Crippen LogP contribution in [0, 0.1) is 6.92 Å². The highest BCUT2D eigenvalue weighted by atomic mass is 16.2. The van der Waals surface area contributed by atoms with Gasteiger partial charge >= 0.3 is 5.69 Å². The summed E-state index contributed by atoms with van der Waals surface area (Å²) < 4.78 is 1.20. The van der Waals surface area contributed by atoms with Gasteiger partial charge in [-0.25, -0.2) is 4.79 Å². The van der Waals surface area contributed by atoms with E-state index in [2.05, 4.69) is 54.4 Å². The van der Waals surface area contributed by atoms with E-state index in [4.69, 9.17) is 0 Å². The Kier molecular flexibility index (Phi) is 5.52. The topological polar surface area (TPSA) is 54.9 Å². The largest absolute Gasteiger partial charge is 0.328 e. The summed E-state index contributed by atoms with van der Waals surface area (Å²) in [6.07, 6.45) is 4.69. The van der Waals surface area contributed by atoms with Crippen LogP contribution in [-0.4, -0.2) is 9.55 Å². The molecule has 0 bridgehead atoms. The lowest BCUT2D eigenvalue weighted by Gasteiger charge is -2.30. The van der Waals surface area contributed by atoms with Gasteiger partial charge in [0.1, 0.15) is 0 Å². The number of aromatic amines is 1. The number of hydrogen-bond donors (Lipinski definition) is 1. The van der Waals surface area contributed by atoms with E-state index in [-0.39, 0.29) is 18.6 Å². The molecule has 4 rings (SSSR count). The summed E-state index contributed by atoms with van der Waals surface area (Å²) in [6, 6.07) is 18.9. The van der Waals surface area contributed by atoms with Crippen molar-refractivity contribution < 1.29 is 1.43 Å². The summed E-state index contributed by atoms with van der Waals surface area (Å²) in [6.45, 7) is 2.06. The lowest BCUT2D eigenvalue weighted by Crippen LogP contribution is -2.37. The molecule has 1 heterocycles. The predicted octanol–water partition coefficient (Wildman–Crippen LogP) is 4.66. The fourth-order valence-corrected chi connectivity index (χ4v) is 4.67. The van der Waals surface area contributed by atoms with Gasteiger partial charge in [-0.2, -0.15) is 0 Å². The van der Waals surface area contributed by atoms with Crippen LogP contribution in [0.2, 0.25) is 0 Å². The Labute approximate surface area is 172 Å². The molecule has 1 N–H and O–H groups in total. The maximum absolute atomic E-state index is 13.0. The van der Waals surface area contributed by atoms with Gasteiger partial charge in [-0.05, 0) is 55.6 Å². The quantitative estimate of drug-likeness (QED) is 0.704. The van der Waals surface area contributed by atoms with Crippen molar-refractivity contribution >= 4 is 0 Å². The number of aromatic nitrogens is 2. The van der Waals surface area contributed by atoms with Crippen molar-refractivity contribution in [3.05, 3.63) is 103 Å². The molecule has 0 aliphatic heterocycles. The summed E-state index contributed by atoms with van der Waals surface area (Å²) in [5, 5.41) is 0. The average molecular weight is 391 g/mol. The van der Waals surface area contributed by atoms with Crippen LogP contribution >= 0.6 is 0 Å². The zero-order valence-corrected chi connectivity index (χ0v) is 17.2. The highest BCUT2D eigenvalue weighted by Crippen LogP contribution is 2.40. The van der Waals surface area contributed by atoms with Crippen LogP contribution in [0.25, 0.3) is 0 Å². The summed E-state index contributed by atoms with van der Waals surface area (Å²) in [5.41, 5.74) is 4.77. The van der Waals surface area contributed by atoms with Crippen LogP contribution in [-0.2, 0) is 13.5 Å². The van der Waals surface area contributed by atoms with E-state index in [9.17, 15) is 9.59 Å². The molecular weight excluding hydrogens is 360 g/mol. The Morgan fingerprint density at radius 3 is 2.34 bits per heavy atom. The van der Waals surface area contributed by atoms with E-state index in [1.807, 2.05) is 12.1 Å². The first-order valence-electron chi connectivity index (χ1n) is 10.5. The molecule has 0 saturated heterocycles. The average Bonchev–Trinajstić information content (AvgIpc) is 2.75. The minimum absolute atomic E-state index is 0. The van der Waals surface area contributed by atoms with Gasteiger partial charge in [-0.1, -0.05) is 60.2 Å². The van der Waals surface area contributed by atoms with Crippen molar-refractivity contribution in [2.75, 3.05) is 0 Å². The lowest BCUT2D eigenvalue weighted by molar-refractivity contribution is 0.387. The molecule has 29 heavy (non-hydrogen) atoms. The second-order valence-electron chi connectivity index (χ2n) is 8.31. The lowest BCUT2D eigenvalue weighted by atomic mass is 9.76. The molecule has 0 unspecified atom stereocenters. The van der Waals surface area contributed by atoms with Gasteiger partial charge in [-0.3, -0.25) is 9.36 Å². The molecule has 0 amide bonds. The van der Waals surface area contributed by atoms with Gasteiger partial charge in [0.25, 0.3) is 5.56 Å². The van der Waals surface area contributed by atoms with Crippen molar-refractivity contribution in [2.24, 2.45) is 7.05 Å². The molecule has 4 nitrogen and oxygen atoms in total. The van der Waals surface area contributed by atoms with Crippen LogP contribution in [0.5, 0.6) is 0 Å². The van der Waals surface area contributed by atoms with Crippen molar-refractivity contribution in [1.29, 1.82) is 0 Å². The monoisotopic (exact) mass is 390 g/mol. The Morgan fingerprint density at radius 2 is 1.66 bits per heavy atom. The zero-order valence-electron chi connectivity index (χ0n) is 17.2. The standard InChI is InChI=1S/C25H28N2O2.H2/c1-17-7-6-8-18(15-17)16-22-23(26-25(29)27(2)24(22)28)21-13-11-20(12-14-21)19-9-4-3-5-10-19;/h3-10,15,20-21H,11-14,16H2,1-2H3,(H,26,29);1H. The maximum atomic E-state index is 13.0. The number of nitrogens with zero attached hydrogens (tertiary/aromatic N) is 1. The third-order valence-corrected chi connectivity index (χ3v) is 6.30. The molecular formula is C25H30N2O2. The number of H-pyrrole nitrogens is 1. The molecule has 152 valence electrons. The number of benzene rings is 2. The Balaban J connectivity index is 0.00000256. The van der Waals surface area contributed by atoms with Gasteiger partial charge < -0.3 is 4.98 Å². The summed E-state index contributed by atoms with van der Waals surface area (Å²) >= 11 is 0. The zero-order chi connectivity index (χ0) is 20.4. The van der Waals surface area contributed by atoms with E-state index in [1.165, 1.54) is 15.7 Å². The highest BCUT2D eigenvalue weighted by Gasteiger charge is 2.27. The molecule has 0 atom stereocenters. The molecule has 1 aliphatic carbocycles. The molecule has 1 fully saturated rings. The summed E-state index contributed by atoms with van der Waals surface area (Å²) in [7, 11) is 1.55. The van der Waals surface area contributed by atoms with E-state index in [0.717, 1.165) is 42.5 Å². The first-order valence-corrected chi connectivity index (χ1v) is 10.5. The first-order chi connectivity index (χ1) is 14.0. The summed E-state index contributed by atoms with van der Waals surface area (Å²) in [4.78, 5) is 28.4. The predicted molar refractivity (Wildman–Crippen MR) is 119 cm³/mol. The normalized spacial score (nSPS) is 19.2. The van der Waals surface area contributed by atoms with Crippen LogP contribution in [0.4, 0.5) is 0 Å². The van der Waals surface area contributed by atoms with Crippen LogP contribution in [0.1, 0.15) is 66.9 Å². The number of aryl methyl sites for hydroxylation is 1. The van der Waals surface area contributed by atoms with Crippen LogP contribution in [0.15, 0.2) is 64.2 Å². The van der Waals surface area contributed by atoms with E-state index in [1.54, 1.807) is 7.05 Å². The first kappa shape index (κ1) is 19.4. The van der Waals surface area contributed by atoms with E-state index >= 15 is 0 Å². The molecule has 1 aromatic heterocycles. The molecule has 0 radical (unpaired) electrons. The molecule has 4 heteroatoms. The Hall–Kier alpha value is -2.88. The highest BCUT2D eigenvalue weighted by molar-refractivity contribution is 5.32. The third-order valence-electron chi connectivity index (χ3n) is 6.30. The Morgan fingerprint density at radius 1 is 0.966 bits per heavy atom. The number of rotatable bonds is 4. The third kappa shape index (κ3) is 4.12. The fourth-order valence-electron chi connectivity index (χ4n) is 4.67. The van der Waals surface area contributed by atoms with E-state index < -0.39 is 0 Å². The van der Waals surface area contributed by atoms with Gasteiger partial charge in [-0.15, -0.1) is 0 Å². The molecule has 1 aliphatic rings. The van der Waals surface area contributed by atoms with Crippen molar-refractivity contribution in [3.8, 4) is 0 Å². The van der Waals surface area contributed by atoms with Gasteiger partial charge in [0.2, 0.25) is 0 Å². The van der Waals surface area contributed by atoms with Crippen molar-refractivity contribution in [3.63, 3.8) is 0 Å². The van der Waals surface area contributed by atoms with Gasteiger partial charge in [0, 0.05) is 26.2 Å². The SMILES string of the molecule is Cc1cccc(Cc2c(C3CCC(c4ccccc4)CC3)[nH]c(=O)n(C)c2=O)c1.[HH]. The minimum Gasteiger partial charge on any atom is -0.310 e. The van der Waals surface area contributed by atoms with Crippen LogP contribution < -0.4 is 11.2 Å². The van der Waals surface area contributed by atoms with Crippen molar-refractivity contribution in [2.45, 2.75) is 50.9 Å². The Bertz CT molecular complexity index is 1110. The van der Waals surface area contributed by atoms with Crippen LogP contribution in [0.3, 0.4) is 0 Å². The van der Waals surface area contributed by atoms with Gasteiger partial charge in [0.15, 0.2) is 0 Å². The second kappa shape index (κ2) is 8.24. The summed E-state index contributed by atoms with van der Waals surface area (Å²) in [5.74, 6) is 0.794. The second-order valence-corrected chi connectivity index (χ2v) is 8.31. The number of nitrogens with one attached hydrogen (secondary N) is 1. The molecule has 0 spiro atoms. The van der Waals surface area contributed by atoms with E-state index in [0.29, 0.717) is 12.3 Å². The smallest absolute Gasteiger partial charge is 0.310 e. The van der Waals surface area contributed by atoms with Gasteiger partial charge in [0.05, 0.1) is 0 Å². The molecule has 3 aromatic rings. The molecule has 2 aromatic carbocycles. The maximum Gasteiger partial charge on any atom is 0.328 e.